The minimum Gasteiger partial charge on any atom is -0.383 e. The van der Waals surface area contributed by atoms with Gasteiger partial charge in [-0.2, -0.15) is 5.10 Å². The molecule has 0 amide bonds. The highest BCUT2D eigenvalue weighted by molar-refractivity contribution is 5.93. The lowest BCUT2D eigenvalue weighted by Crippen LogP contribution is -2.36. The standard InChI is InChI=1S/C9H18N6O/c1-7-8(6-15(2)14-7)12-9(13-10)11-4-5-16-3/h6H,4-5,10H2,1-3H3,(H2,11,12,13). The van der Waals surface area contributed by atoms with E-state index in [1.807, 2.05) is 20.2 Å². The molecule has 16 heavy (non-hydrogen) atoms. The zero-order chi connectivity index (χ0) is 12.0. The molecule has 7 heteroatoms. The number of nitrogens with zero attached hydrogens (tertiary/aromatic N) is 3. The second kappa shape index (κ2) is 6.09. The number of aryl methyl sites for hydroxylation is 2. The van der Waals surface area contributed by atoms with E-state index < -0.39 is 0 Å². The minimum absolute atomic E-state index is 0.494. The summed E-state index contributed by atoms with van der Waals surface area (Å²) < 4.78 is 6.62. The van der Waals surface area contributed by atoms with Crippen molar-refractivity contribution in [2.75, 3.05) is 25.6 Å². The van der Waals surface area contributed by atoms with Crippen LogP contribution in [-0.2, 0) is 11.8 Å². The summed E-state index contributed by atoms with van der Waals surface area (Å²) in [5, 5.41) is 7.25. The van der Waals surface area contributed by atoms with Crippen molar-refractivity contribution in [3.63, 3.8) is 0 Å². The number of ether oxygens (including phenoxy) is 1. The molecule has 0 atom stereocenters. The molecular formula is C9H18N6O. The van der Waals surface area contributed by atoms with Crippen LogP contribution in [0.3, 0.4) is 0 Å². The maximum Gasteiger partial charge on any atom is 0.210 e. The van der Waals surface area contributed by atoms with Gasteiger partial charge in [-0.25, -0.2) is 10.8 Å². The molecule has 0 aliphatic carbocycles. The van der Waals surface area contributed by atoms with Gasteiger partial charge >= 0.3 is 0 Å². The number of aromatic nitrogens is 2. The average Bonchev–Trinajstić information content (AvgIpc) is 2.56. The molecule has 1 heterocycles. The number of nitrogens with one attached hydrogen (secondary N) is 2. The van der Waals surface area contributed by atoms with Crippen LogP contribution in [0.5, 0.6) is 0 Å². The number of hydrazine groups is 1. The first-order valence-corrected chi connectivity index (χ1v) is 4.94. The molecule has 4 N–H and O–H groups in total. The van der Waals surface area contributed by atoms with Gasteiger partial charge in [0, 0.05) is 20.4 Å². The second-order valence-electron chi connectivity index (χ2n) is 3.29. The maximum absolute atomic E-state index is 5.35. The highest BCUT2D eigenvalue weighted by atomic mass is 16.5. The van der Waals surface area contributed by atoms with Crippen molar-refractivity contribution in [1.29, 1.82) is 0 Å². The smallest absolute Gasteiger partial charge is 0.210 e. The van der Waals surface area contributed by atoms with E-state index in [4.69, 9.17) is 10.6 Å². The monoisotopic (exact) mass is 226 g/mol. The first-order chi connectivity index (χ1) is 7.67. The Morgan fingerprint density at radius 1 is 1.69 bits per heavy atom. The molecule has 0 aliphatic rings. The second-order valence-corrected chi connectivity index (χ2v) is 3.29. The van der Waals surface area contributed by atoms with Gasteiger partial charge in [0.05, 0.1) is 24.5 Å². The summed E-state index contributed by atoms with van der Waals surface area (Å²) >= 11 is 0. The molecule has 0 saturated heterocycles. The molecular weight excluding hydrogens is 208 g/mol. The van der Waals surface area contributed by atoms with Gasteiger partial charge in [-0.05, 0) is 6.92 Å². The van der Waals surface area contributed by atoms with Gasteiger partial charge in [0.25, 0.3) is 0 Å². The fourth-order valence-corrected chi connectivity index (χ4v) is 1.22. The predicted molar refractivity (Wildman–Crippen MR) is 63.1 cm³/mol. The van der Waals surface area contributed by atoms with Gasteiger partial charge in [0.2, 0.25) is 5.96 Å². The molecule has 0 bridgehead atoms. The molecule has 0 aliphatic heterocycles. The summed E-state index contributed by atoms with van der Waals surface area (Å²) in [5.74, 6) is 5.84. The number of hydrogen-bond acceptors (Lipinski definition) is 4. The van der Waals surface area contributed by atoms with Gasteiger partial charge in [0.1, 0.15) is 0 Å². The summed E-state index contributed by atoms with van der Waals surface area (Å²) in [5.41, 5.74) is 4.25. The third-order valence-corrected chi connectivity index (χ3v) is 1.97. The number of guanidine groups is 1. The SMILES string of the molecule is COCCN=C(NN)Nc1cn(C)nc1C. The Hall–Kier alpha value is -1.60. The lowest BCUT2D eigenvalue weighted by molar-refractivity contribution is 0.208. The van der Waals surface area contributed by atoms with E-state index in [-0.39, 0.29) is 0 Å². The Labute approximate surface area is 94.6 Å². The molecule has 90 valence electrons. The van der Waals surface area contributed by atoms with E-state index in [2.05, 4.69) is 20.8 Å². The van der Waals surface area contributed by atoms with Crippen molar-refractivity contribution < 1.29 is 4.74 Å². The Balaban J connectivity index is 2.62. The molecule has 1 rings (SSSR count). The van der Waals surface area contributed by atoms with Crippen LogP contribution < -0.4 is 16.6 Å². The largest absolute Gasteiger partial charge is 0.383 e. The van der Waals surface area contributed by atoms with E-state index >= 15 is 0 Å². The van der Waals surface area contributed by atoms with Crippen LogP contribution in [0.15, 0.2) is 11.2 Å². The summed E-state index contributed by atoms with van der Waals surface area (Å²) in [6, 6.07) is 0. The number of methoxy groups -OCH3 is 1. The normalized spacial score (nSPS) is 11.6. The van der Waals surface area contributed by atoms with Crippen molar-refractivity contribution in [1.82, 2.24) is 15.2 Å². The Morgan fingerprint density at radius 2 is 2.44 bits per heavy atom. The van der Waals surface area contributed by atoms with Crippen LogP contribution in [-0.4, -0.2) is 36.0 Å². The molecule has 1 aromatic rings. The van der Waals surface area contributed by atoms with Crippen molar-refractivity contribution in [2.45, 2.75) is 6.92 Å². The van der Waals surface area contributed by atoms with E-state index in [0.717, 1.165) is 11.4 Å². The van der Waals surface area contributed by atoms with Gasteiger partial charge in [-0.3, -0.25) is 10.1 Å². The van der Waals surface area contributed by atoms with Crippen LogP contribution in [0.4, 0.5) is 5.69 Å². The molecule has 0 unspecified atom stereocenters. The van der Waals surface area contributed by atoms with E-state index in [1.165, 1.54) is 0 Å². The number of nitrogens with two attached hydrogens (primary N) is 1. The maximum atomic E-state index is 5.35. The number of rotatable bonds is 4. The topological polar surface area (TPSA) is 89.5 Å². The van der Waals surface area contributed by atoms with Crippen LogP contribution in [0, 0.1) is 6.92 Å². The van der Waals surface area contributed by atoms with Crippen LogP contribution in [0.2, 0.25) is 0 Å². The summed E-state index contributed by atoms with van der Waals surface area (Å²) in [4.78, 5) is 4.18. The summed E-state index contributed by atoms with van der Waals surface area (Å²) in [6.07, 6.45) is 1.86. The zero-order valence-electron chi connectivity index (χ0n) is 9.82. The van der Waals surface area contributed by atoms with Crippen molar-refractivity contribution in [2.24, 2.45) is 17.9 Å². The summed E-state index contributed by atoms with van der Waals surface area (Å²) in [6.45, 7) is 3.01. The van der Waals surface area contributed by atoms with Gasteiger partial charge in [-0.1, -0.05) is 0 Å². The molecule has 1 aromatic heterocycles. The highest BCUT2D eigenvalue weighted by Gasteiger charge is 2.04. The first-order valence-electron chi connectivity index (χ1n) is 4.94. The molecule has 0 spiro atoms. The fourth-order valence-electron chi connectivity index (χ4n) is 1.22. The van der Waals surface area contributed by atoms with E-state index in [9.17, 15) is 0 Å². The van der Waals surface area contributed by atoms with Crippen molar-refractivity contribution >= 4 is 11.6 Å². The predicted octanol–water partition coefficient (Wildman–Crippen LogP) is -0.394. The van der Waals surface area contributed by atoms with Crippen molar-refractivity contribution in [3.8, 4) is 0 Å². The molecule has 0 fully saturated rings. The van der Waals surface area contributed by atoms with Gasteiger partial charge in [-0.15, -0.1) is 0 Å². The van der Waals surface area contributed by atoms with Crippen LogP contribution in [0.1, 0.15) is 5.69 Å². The van der Waals surface area contributed by atoms with Crippen LogP contribution >= 0.6 is 0 Å². The van der Waals surface area contributed by atoms with E-state index in [1.54, 1.807) is 11.8 Å². The molecule has 7 nitrogen and oxygen atoms in total. The first kappa shape index (κ1) is 12.5. The third kappa shape index (κ3) is 3.52. The number of hydrogen-bond donors (Lipinski definition) is 3. The molecule has 0 saturated carbocycles. The zero-order valence-corrected chi connectivity index (χ0v) is 9.82. The number of anilines is 1. The number of aliphatic imine (C=N–C) groups is 1. The van der Waals surface area contributed by atoms with Crippen LogP contribution in [0.25, 0.3) is 0 Å². The fraction of sp³-hybridized carbons (Fsp3) is 0.556. The quantitative estimate of drug-likeness (QED) is 0.214. The molecule has 0 aromatic carbocycles. The summed E-state index contributed by atoms with van der Waals surface area (Å²) in [7, 11) is 3.49. The Bertz CT molecular complexity index is 359. The molecule has 0 radical (unpaired) electrons. The Morgan fingerprint density at radius 3 is 2.94 bits per heavy atom. The highest BCUT2D eigenvalue weighted by Crippen LogP contribution is 2.10. The lowest BCUT2D eigenvalue weighted by atomic mass is 10.4. The average molecular weight is 226 g/mol. The third-order valence-electron chi connectivity index (χ3n) is 1.97. The Kier molecular flexibility index (Phi) is 4.74. The van der Waals surface area contributed by atoms with Crippen molar-refractivity contribution in [3.05, 3.63) is 11.9 Å². The van der Waals surface area contributed by atoms with Gasteiger partial charge in [0.15, 0.2) is 0 Å². The van der Waals surface area contributed by atoms with E-state index in [0.29, 0.717) is 19.1 Å². The lowest BCUT2D eigenvalue weighted by Gasteiger charge is -2.07. The minimum atomic E-state index is 0.494. The van der Waals surface area contributed by atoms with Gasteiger partial charge < -0.3 is 10.1 Å².